The highest BCUT2D eigenvalue weighted by Gasteiger charge is 2.16. The summed E-state index contributed by atoms with van der Waals surface area (Å²) in [5.41, 5.74) is 1.84. The van der Waals surface area contributed by atoms with Gasteiger partial charge in [-0.05, 0) is 35.9 Å². The molecule has 0 fully saturated rings. The van der Waals surface area contributed by atoms with Crippen LogP contribution in [-0.2, 0) is 14.6 Å². The highest BCUT2D eigenvalue weighted by atomic mass is 33.1. The van der Waals surface area contributed by atoms with Gasteiger partial charge < -0.3 is 9.47 Å². The van der Waals surface area contributed by atoms with E-state index in [2.05, 4.69) is 0 Å². The average Bonchev–Trinajstić information content (AvgIpc) is 2.53. The van der Waals surface area contributed by atoms with Gasteiger partial charge in [0.05, 0.1) is 19.1 Å². The highest BCUT2D eigenvalue weighted by Crippen LogP contribution is 2.32. The van der Waals surface area contributed by atoms with Crippen LogP contribution in [0.25, 0.3) is 0 Å². The van der Waals surface area contributed by atoms with Crippen LogP contribution in [-0.4, -0.2) is 22.6 Å². The number of benzene rings is 2. The van der Waals surface area contributed by atoms with Crippen LogP contribution in [0.15, 0.2) is 47.4 Å². The van der Waals surface area contributed by atoms with E-state index >= 15 is 0 Å². The third-order valence-corrected chi connectivity index (χ3v) is 6.62. The first-order valence-electron chi connectivity index (χ1n) is 6.63. The minimum atomic E-state index is -3.39. The maximum atomic E-state index is 12.3. The number of hydrogen-bond acceptors (Lipinski definition) is 5. The molecule has 22 heavy (non-hydrogen) atoms. The van der Waals surface area contributed by atoms with Gasteiger partial charge in [0.15, 0.2) is 0 Å². The van der Waals surface area contributed by atoms with Crippen molar-refractivity contribution < 1.29 is 17.9 Å². The van der Waals surface area contributed by atoms with E-state index in [-0.39, 0.29) is 0 Å². The summed E-state index contributed by atoms with van der Waals surface area (Å²) in [6.45, 7) is 1.92. The average molecular weight is 338 g/mol. The van der Waals surface area contributed by atoms with Crippen molar-refractivity contribution in [1.82, 2.24) is 0 Å². The van der Waals surface area contributed by atoms with Crippen LogP contribution in [0, 0.1) is 6.92 Å². The Balaban J connectivity index is 2.17. The number of hydrogen-bond donors (Lipinski definition) is 0. The molecule has 0 saturated carbocycles. The predicted octanol–water partition coefficient (Wildman–Crippen LogP) is 3.63. The summed E-state index contributed by atoms with van der Waals surface area (Å²) in [5.74, 6) is 1.60. The Kier molecular flexibility index (Phi) is 5.37. The van der Waals surface area contributed by atoms with Gasteiger partial charge in [0.2, 0.25) is 8.87 Å². The molecule has 0 spiro atoms. The van der Waals surface area contributed by atoms with Crippen molar-refractivity contribution >= 4 is 19.7 Å². The Hall–Kier alpha value is -1.66. The first kappa shape index (κ1) is 16.7. The summed E-state index contributed by atoms with van der Waals surface area (Å²) >= 11 is 0. The zero-order chi connectivity index (χ0) is 16.2. The molecule has 0 saturated heterocycles. The molecule has 118 valence electrons. The topological polar surface area (TPSA) is 52.6 Å². The Morgan fingerprint density at radius 3 is 2.27 bits per heavy atom. The zero-order valence-corrected chi connectivity index (χ0v) is 14.3. The molecule has 2 rings (SSSR count). The highest BCUT2D eigenvalue weighted by molar-refractivity contribution is 8.71. The lowest BCUT2D eigenvalue weighted by atomic mass is 10.2. The Labute approximate surface area is 134 Å². The molecule has 0 N–H and O–H groups in total. The van der Waals surface area contributed by atoms with E-state index in [1.807, 2.05) is 13.0 Å². The molecule has 0 aliphatic carbocycles. The Morgan fingerprint density at radius 1 is 1.00 bits per heavy atom. The Bertz CT molecular complexity index is 737. The van der Waals surface area contributed by atoms with E-state index in [9.17, 15) is 8.42 Å². The van der Waals surface area contributed by atoms with Crippen molar-refractivity contribution in [2.45, 2.75) is 17.6 Å². The summed E-state index contributed by atoms with van der Waals surface area (Å²) in [6, 6.07) is 12.2. The van der Waals surface area contributed by atoms with Crippen molar-refractivity contribution in [2.24, 2.45) is 0 Å². The van der Waals surface area contributed by atoms with Crippen LogP contribution in [0.1, 0.15) is 11.1 Å². The molecule has 2 aromatic rings. The second-order valence-corrected chi connectivity index (χ2v) is 8.63. The van der Waals surface area contributed by atoms with Gasteiger partial charge in [-0.2, -0.15) is 0 Å². The second kappa shape index (κ2) is 7.07. The molecule has 0 amide bonds. The van der Waals surface area contributed by atoms with E-state index in [1.54, 1.807) is 50.6 Å². The van der Waals surface area contributed by atoms with Crippen LogP contribution in [0.4, 0.5) is 0 Å². The summed E-state index contributed by atoms with van der Waals surface area (Å²) in [5, 5.41) is 0. The number of aryl methyl sites for hydroxylation is 1. The van der Waals surface area contributed by atoms with Crippen LogP contribution < -0.4 is 9.47 Å². The monoisotopic (exact) mass is 338 g/mol. The fraction of sp³-hybridized carbons (Fsp3) is 0.250. The van der Waals surface area contributed by atoms with Crippen molar-refractivity contribution in [3.63, 3.8) is 0 Å². The molecule has 0 heterocycles. The molecule has 6 heteroatoms. The van der Waals surface area contributed by atoms with Gasteiger partial charge in [-0.15, -0.1) is 0 Å². The smallest absolute Gasteiger partial charge is 0.230 e. The maximum Gasteiger partial charge on any atom is 0.230 e. The second-order valence-electron chi connectivity index (χ2n) is 4.71. The molecule has 4 nitrogen and oxygen atoms in total. The summed E-state index contributed by atoms with van der Waals surface area (Å²) in [6.07, 6.45) is 0. The first-order chi connectivity index (χ1) is 10.5. The van der Waals surface area contributed by atoms with Gasteiger partial charge in [-0.3, -0.25) is 0 Å². The van der Waals surface area contributed by atoms with Crippen molar-refractivity contribution in [1.29, 1.82) is 0 Å². The van der Waals surface area contributed by atoms with Gasteiger partial charge in [0, 0.05) is 17.4 Å². The number of methoxy groups -OCH3 is 2. The normalized spacial score (nSPS) is 11.2. The van der Waals surface area contributed by atoms with Crippen molar-refractivity contribution in [3.05, 3.63) is 53.6 Å². The van der Waals surface area contributed by atoms with Crippen LogP contribution in [0.2, 0.25) is 0 Å². The lowest BCUT2D eigenvalue weighted by Gasteiger charge is -2.10. The number of ether oxygens (including phenoxy) is 2. The molecular weight excluding hydrogens is 320 g/mol. The number of rotatable bonds is 6. The molecule has 0 bridgehead atoms. The van der Waals surface area contributed by atoms with Gasteiger partial charge in [0.25, 0.3) is 0 Å². The molecular formula is C16H18O4S2. The predicted molar refractivity (Wildman–Crippen MR) is 89.2 cm³/mol. The lowest BCUT2D eigenvalue weighted by molar-refractivity contribution is 0.392. The third kappa shape index (κ3) is 3.96. The lowest BCUT2D eigenvalue weighted by Crippen LogP contribution is -1.98. The summed E-state index contributed by atoms with van der Waals surface area (Å²) in [4.78, 5) is 0.315. The Morgan fingerprint density at radius 2 is 1.68 bits per heavy atom. The molecule has 0 radical (unpaired) electrons. The summed E-state index contributed by atoms with van der Waals surface area (Å²) in [7, 11) is 0.627. The van der Waals surface area contributed by atoms with Crippen molar-refractivity contribution in [3.8, 4) is 11.5 Å². The fourth-order valence-corrected chi connectivity index (χ4v) is 4.60. The minimum absolute atomic E-state index is 0.309. The standard InChI is InChI=1S/C16H18O4S2/c1-12-4-8-15(9-5-12)22(17,18)21-11-13-6-7-14(19-2)10-16(13)20-3/h4-10H,11H2,1-3H3. The van der Waals surface area contributed by atoms with Gasteiger partial charge in [-0.1, -0.05) is 23.8 Å². The van der Waals surface area contributed by atoms with E-state index < -0.39 is 8.87 Å². The van der Waals surface area contributed by atoms with Gasteiger partial charge >= 0.3 is 0 Å². The molecule has 0 aromatic heterocycles. The van der Waals surface area contributed by atoms with Gasteiger partial charge in [0.1, 0.15) is 11.5 Å². The van der Waals surface area contributed by atoms with E-state index in [0.29, 0.717) is 22.1 Å². The summed E-state index contributed by atoms with van der Waals surface area (Å²) < 4.78 is 35.1. The van der Waals surface area contributed by atoms with E-state index in [0.717, 1.165) is 21.9 Å². The molecule has 2 aromatic carbocycles. The van der Waals surface area contributed by atoms with Crippen LogP contribution in [0.5, 0.6) is 11.5 Å². The van der Waals surface area contributed by atoms with Crippen LogP contribution in [0.3, 0.4) is 0 Å². The first-order valence-corrected chi connectivity index (χ1v) is 9.62. The largest absolute Gasteiger partial charge is 0.497 e. The van der Waals surface area contributed by atoms with Crippen molar-refractivity contribution in [2.75, 3.05) is 14.2 Å². The van der Waals surface area contributed by atoms with E-state index in [4.69, 9.17) is 9.47 Å². The zero-order valence-electron chi connectivity index (χ0n) is 12.7. The molecule has 0 aliphatic rings. The SMILES string of the molecule is COc1ccc(CSS(=O)(=O)c2ccc(C)cc2)c(OC)c1. The fourth-order valence-electron chi connectivity index (χ4n) is 1.89. The minimum Gasteiger partial charge on any atom is -0.497 e. The molecule has 0 atom stereocenters. The maximum absolute atomic E-state index is 12.3. The quantitative estimate of drug-likeness (QED) is 0.753. The van der Waals surface area contributed by atoms with Crippen LogP contribution >= 0.6 is 10.8 Å². The molecule has 0 aliphatic heterocycles. The van der Waals surface area contributed by atoms with Gasteiger partial charge in [-0.25, -0.2) is 8.42 Å². The molecule has 0 unspecified atom stereocenters. The van der Waals surface area contributed by atoms with E-state index in [1.165, 1.54) is 0 Å². The third-order valence-electron chi connectivity index (χ3n) is 3.17.